The molecule has 1 aliphatic heterocycles. The van der Waals surface area contributed by atoms with Crippen LogP contribution in [0.5, 0.6) is 11.5 Å². The lowest BCUT2D eigenvalue weighted by molar-refractivity contribution is -0.131. The summed E-state index contributed by atoms with van der Waals surface area (Å²) < 4.78 is 10.7. The molecule has 0 spiro atoms. The molecular weight excluding hydrogens is 364 g/mol. The summed E-state index contributed by atoms with van der Waals surface area (Å²) in [5.74, 6) is 1.01. The second-order valence-corrected chi connectivity index (χ2v) is 8.00. The van der Waals surface area contributed by atoms with Crippen LogP contribution in [0.1, 0.15) is 37.0 Å². The molecule has 0 bridgehead atoms. The van der Waals surface area contributed by atoms with Gasteiger partial charge in [-0.2, -0.15) is 0 Å². The number of thiophene rings is 1. The van der Waals surface area contributed by atoms with E-state index in [4.69, 9.17) is 9.47 Å². The number of rotatable bonds is 5. The number of anilines is 1. The van der Waals surface area contributed by atoms with Crippen LogP contribution in [-0.2, 0) is 16.0 Å². The van der Waals surface area contributed by atoms with Gasteiger partial charge in [0.25, 0.3) is 0 Å². The molecule has 2 amide bonds. The first-order chi connectivity index (χ1) is 13.1. The molecule has 1 aromatic carbocycles. The van der Waals surface area contributed by atoms with Crippen LogP contribution >= 0.6 is 11.3 Å². The Morgan fingerprint density at radius 3 is 2.67 bits per heavy atom. The fraction of sp³-hybridized carbons (Fsp3) is 0.400. The van der Waals surface area contributed by atoms with E-state index in [1.165, 1.54) is 0 Å². The Kier molecular flexibility index (Phi) is 5.03. The van der Waals surface area contributed by atoms with Gasteiger partial charge in [0, 0.05) is 16.6 Å². The normalized spacial score (nSPS) is 17.3. The van der Waals surface area contributed by atoms with Crippen molar-refractivity contribution < 1.29 is 19.1 Å². The first kappa shape index (κ1) is 17.9. The predicted molar refractivity (Wildman–Crippen MR) is 103 cm³/mol. The van der Waals surface area contributed by atoms with Gasteiger partial charge in [-0.1, -0.05) is 25.3 Å². The molecule has 27 heavy (non-hydrogen) atoms. The molecule has 2 aromatic rings. The van der Waals surface area contributed by atoms with Gasteiger partial charge in [-0.05, 0) is 36.4 Å². The van der Waals surface area contributed by atoms with Crippen molar-refractivity contribution in [2.45, 2.75) is 44.1 Å². The van der Waals surface area contributed by atoms with Crippen LogP contribution in [0.4, 0.5) is 5.69 Å². The Morgan fingerprint density at radius 2 is 1.89 bits per heavy atom. The first-order valence-electron chi connectivity index (χ1n) is 9.19. The average Bonchev–Trinajstić information content (AvgIpc) is 3.33. The fourth-order valence-electron chi connectivity index (χ4n) is 3.67. The number of ether oxygens (including phenoxy) is 2. The van der Waals surface area contributed by atoms with Crippen molar-refractivity contribution in [1.82, 2.24) is 5.32 Å². The predicted octanol–water partition coefficient (Wildman–Crippen LogP) is 3.48. The van der Waals surface area contributed by atoms with Crippen LogP contribution in [0.2, 0.25) is 0 Å². The summed E-state index contributed by atoms with van der Waals surface area (Å²) in [6.07, 6.45) is 4.54. The third-order valence-corrected chi connectivity index (χ3v) is 5.94. The topological polar surface area (TPSA) is 76.7 Å². The summed E-state index contributed by atoms with van der Waals surface area (Å²) >= 11 is 1.55. The molecule has 0 atom stereocenters. The van der Waals surface area contributed by atoms with Crippen LogP contribution in [0.25, 0.3) is 0 Å². The van der Waals surface area contributed by atoms with E-state index in [2.05, 4.69) is 10.6 Å². The monoisotopic (exact) mass is 386 g/mol. The van der Waals surface area contributed by atoms with Crippen LogP contribution < -0.4 is 20.1 Å². The number of hydrogen-bond acceptors (Lipinski definition) is 5. The summed E-state index contributed by atoms with van der Waals surface area (Å²) in [7, 11) is 0. The molecule has 1 saturated carbocycles. The van der Waals surface area contributed by atoms with E-state index in [-0.39, 0.29) is 18.6 Å². The molecule has 4 rings (SSSR count). The molecule has 2 N–H and O–H groups in total. The summed E-state index contributed by atoms with van der Waals surface area (Å²) in [6, 6.07) is 9.18. The second-order valence-electron chi connectivity index (χ2n) is 6.97. The first-order valence-corrected chi connectivity index (χ1v) is 10.1. The van der Waals surface area contributed by atoms with E-state index in [1.54, 1.807) is 29.5 Å². The molecule has 0 radical (unpaired) electrons. The second kappa shape index (κ2) is 7.60. The maximum Gasteiger partial charge on any atom is 0.250 e. The lowest BCUT2D eigenvalue weighted by Crippen LogP contribution is -2.58. The summed E-state index contributed by atoms with van der Waals surface area (Å²) in [5.41, 5.74) is -0.218. The highest BCUT2D eigenvalue weighted by molar-refractivity contribution is 7.10. The molecule has 2 heterocycles. The minimum Gasteiger partial charge on any atom is -0.454 e. The lowest BCUT2D eigenvalue weighted by Gasteiger charge is -2.36. The van der Waals surface area contributed by atoms with Gasteiger partial charge in [0.05, 0.1) is 6.42 Å². The Hall–Kier alpha value is -2.54. The highest BCUT2D eigenvalue weighted by Gasteiger charge is 2.41. The summed E-state index contributed by atoms with van der Waals surface area (Å²) in [4.78, 5) is 26.7. The molecule has 0 saturated heterocycles. The van der Waals surface area contributed by atoms with Crippen molar-refractivity contribution in [2.75, 3.05) is 12.1 Å². The van der Waals surface area contributed by atoms with Crippen molar-refractivity contribution >= 4 is 28.8 Å². The number of fused-ring (bicyclic) bond motifs is 1. The largest absolute Gasteiger partial charge is 0.454 e. The van der Waals surface area contributed by atoms with Crippen LogP contribution in [0, 0.1) is 0 Å². The quantitative estimate of drug-likeness (QED) is 0.825. The Bertz CT molecular complexity index is 829. The number of benzene rings is 1. The van der Waals surface area contributed by atoms with Crippen molar-refractivity contribution in [1.29, 1.82) is 0 Å². The molecule has 0 unspecified atom stereocenters. The number of nitrogens with one attached hydrogen (secondary N) is 2. The van der Waals surface area contributed by atoms with E-state index in [0.717, 1.165) is 24.1 Å². The van der Waals surface area contributed by atoms with Crippen molar-refractivity contribution in [3.63, 3.8) is 0 Å². The smallest absolute Gasteiger partial charge is 0.250 e. The number of hydrogen-bond donors (Lipinski definition) is 2. The van der Waals surface area contributed by atoms with Crippen LogP contribution in [0.15, 0.2) is 35.7 Å². The third-order valence-electron chi connectivity index (χ3n) is 5.07. The Labute approximate surface area is 161 Å². The zero-order valence-electron chi connectivity index (χ0n) is 15.0. The third kappa shape index (κ3) is 3.93. The van der Waals surface area contributed by atoms with E-state index in [1.807, 2.05) is 17.5 Å². The summed E-state index contributed by atoms with van der Waals surface area (Å²) in [5, 5.41) is 7.95. The number of carbonyl (C=O) groups excluding carboxylic acids is 2. The van der Waals surface area contributed by atoms with Gasteiger partial charge in [0.15, 0.2) is 11.5 Å². The fourth-order valence-corrected chi connectivity index (χ4v) is 4.38. The van der Waals surface area contributed by atoms with Gasteiger partial charge in [-0.15, -0.1) is 11.3 Å². The standard InChI is InChI=1S/C20H22N2O4S/c23-18(12-15-5-4-10-27-15)22-20(8-2-1-3-9-20)19(24)21-14-6-7-16-17(11-14)26-13-25-16/h4-7,10-11H,1-3,8-9,12-13H2,(H,21,24)(H,22,23). The molecule has 6 nitrogen and oxygen atoms in total. The highest BCUT2D eigenvalue weighted by Crippen LogP contribution is 2.35. The summed E-state index contributed by atoms with van der Waals surface area (Å²) in [6.45, 7) is 0.190. The van der Waals surface area contributed by atoms with E-state index < -0.39 is 5.54 Å². The number of amides is 2. The minimum atomic E-state index is -0.858. The molecule has 1 aliphatic carbocycles. The van der Waals surface area contributed by atoms with Gasteiger partial charge in [0.2, 0.25) is 18.6 Å². The van der Waals surface area contributed by atoms with Crippen LogP contribution in [-0.4, -0.2) is 24.1 Å². The van der Waals surface area contributed by atoms with Gasteiger partial charge < -0.3 is 20.1 Å². The van der Waals surface area contributed by atoms with E-state index >= 15 is 0 Å². The average molecular weight is 386 g/mol. The van der Waals surface area contributed by atoms with Crippen molar-refractivity contribution in [2.24, 2.45) is 0 Å². The van der Waals surface area contributed by atoms with Crippen molar-refractivity contribution in [3.8, 4) is 11.5 Å². The van der Waals surface area contributed by atoms with E-state index in [0.29, 0.717) is 36.4 Å². The Morgan fingerprint density at radius 1 is 1.07 bits per heavy atom. The molecule has 1 fully saturated rings. The van der Waals surface area contributed by atoms with Crippen LogP contribution in [0.3, 0.4) is 0 Å². The van der Waals surface area contributed by atoms with E-state index in [9.17, 15) is 9.59 Å². The zero-order valence-corrected chi connectivity index (χ0v) is 15.8. The lowest BCUT2D eigenvalue weighted by atomic mass is 9.80. The van der Waals surface area contributed by atoms with Gasteiger partial charge >= 0.3 is 0 Å². The Balaban J connectivity index is 1.48. The molecule has 7 heteroatoms. The van der Waals surface area contributed by atoms with Crippen molar-refractivity contribution in [3.05, 3.63) is 40.6 Å². The van der Waals surface area contributed by atoms with Gasteiger partial charge in [-0.25, -0.2) is 0 Å². The van der Waals surface area contributed by atoms with Gasteiger partial charge in [-0.3, -0.25) is 9.59 Å². The maximum absolute atomic E-state index is 13.1. The van der Waals surface area contributed by atoms with Gasteiger partial charge in [0.1, 0.15) is 5.54 Å². The molecule has 2 aliphatic rings. The molecular formula is C20H22N2O4S. The maximum atomic E-state index is 13.1. The highest BCUT2D eigenvalue weighted by atomic mass is 32.1. The zero-order chi connectivity index (χ0) is 18.7. The molecule has 142 valence electrons. The SMILES string of the molecule is O=C(Cc1cccs1)NC1(C(=O)Nc2ccc3c(c2)OCO3)CCCCC1. The number of carbonyl (C=O) groups is 2. The molecule has 1 aromatic heterocycles. The minimum absolute atomic E-state index is 0.111.